The lowest BCUT2D eigenvalue weighted by molar-refractivity contribution is -0.919. The second-order valence-corrected chi connectivity index (χ2v) is 8.86. The molecule has 2 heterocycles. The Kier molecular flexibility index (Phi) is 6.28. The molecule has 1 aromatic heterocycles. The summed E-state index contributed by atoms with van der Waals surface area (Å²) in [7, 11) is 0. The highest BCUT2D eigenvalue weighted by atomic mass is 16.2. The van der Waals surface area contributed by atoms with Gasteiger partial charge in [-0.05, 0) is 50.2 Å². The normalized spacial score (nSPS) is 23.2. The molecule has 29 heavy (non-hydrogen) atoms. The smallest absolute Gasteiger partial charge is 0.262 e. The summed E-state index contributed by atoms with van der Waals surface area (Å²) in [5, 5.41) is 3.78. The van der Waals surface area contributed by atoms with Gasteiger partial charge in [0.05, 0.1) is 24.0 Å². The largest absolute Gasteiger partial charge is 0.352 e. The quantitative estimate of drug-likeness (QED) is 0.806. The molecular formula is C23H33N4O2+. The lowest BCUT2D eigenvalue weighted by Gasteiger charge is -2.29. The first-order valence-corrected chi connectivity index (χ1v) is 11.2. The summed E-state index contributed by atoms with van der Waals surface area (Å²) in [6, 6.07) is 7.68. The van der Waals surface area contributed by atoms with Crippen LogP contribution in [0.4, 0.5) is 0 Å². The summed E-state index contributed by atoms with van der Waals surface area (Å²) >= 11 is 0. The van der Waals surface area contributed by atoms with E-state index in [0.29, 0.717) is 17.8 Å². The molecule has 0 spiro atoms. The van der Waals surface area contributed by atoms with Gasteiger partial charge in [0, 0.05) is 6.04 Å². The SMILES string of the molecule is C[C@H]1CCCC[C@@H]1NC(=O)Cn1c(C[NH+]2CCCCC2)nc2ccccc2c1=O. The Balaban J connectivity index is 1.60. The standard InChI is InChI=1S/C23H32N4O2/c1-17-9-3-5-11-19(17)25-22(28)16-27-21(15-26-13-7-2-8-14-26)24-20-12-6-4-10-18(20)23(27)29/h4,6,10,12,17,19H,2-3,5,7-9,11,13-16H2,1H3,(H,25,28)/p+1/t17-,19-/m0/s1. The Morgan fingerprint density at radius 1 is 1.14 bits per heavy atom. The molecule has 1 aliphatic heterocycles. The summed E-state index contributed by atoms with van der Waals surface area (Å²) in [4.78, 5) is 32.3. The van der Waals surface area contributed by atoms with E-state index in [1.54, 1.807) is 10.6 Å². The van der Waals surface area contributed by atoms with E-state index in [4.69, 9.17) is 4.98 Å². The van der Waals surface area contributed by atoms with Gasteiger partial charge in [-0.3, -0.25) is 14.2 Å². The van der Waals surface area contributed by atoms with Crippen LogP contribution in [-0.4, -0.2) is 34.6 Å². The van der Waals surface area contributed by atoms with Crippen LogP contribution < -0.4 is 15.8 Å². The highest BCUT2D eigenvalue weighted by Gasteiger charge is 2.24. The monoisotopic (exact) mass is 397 g/mol. The average molecular weight is 398 g/mol. The van der Waals surface area contributed by atoms with Crippen molar-refractivity contribution in [2.45, 2.75) is 71.0 Å². The Morgan fingerprint density at radius 2 is 1.90 bits per heavy atom. The zero-order valence-electron chi connectivity index (χ0n) is 17.5. The van der Waals surface area contributed by atoms with E-state index in [9.17, 15) is 9.59 Å². The molecule has 1 aliphatic carbocycles. The van der Waals surface area contributed by atoms with Crippen molar-refractivity contribution in [3.8, 4) is 0 Å². The Labute approximate surface area is 172 Å². The Morgan fingerprint density at radius 3 is 2.69 bits per heavy atom. The van der Waals surface area contributed by atoms with E-state index in [1.807, 2.05) is 18.2 Å². The summed E-state index contributed by atoms with van der Waals surface area (Å²) in [5.74, 6) is 1.16. The van der Waals surface area contributed by atoms with Crippen LogP contribution in [0.3, 0.4) is 0 Å². The Bertz CT molecular complexity index is 917. The van der Waals surface area contributed by atoms with Crippen molar-refractivity contribution >= 4 is 16.8 Å². The Hall–Kier alpha value is -2.21. The van der Waals surface area contributed by atoms with E-state index in [0.717, 1.165) is 43.7 Å². The van der Waals surface area contributed by atoms with Crippen molar-refractivity contribution in [3.05, 3.63) is 40.4 Å². The van der Waals surface area contributed by atoms with Crippen LogP contribution in [0.1, 0.15) is 57.7 Å². The lowest BCUT2D eigenvalue weighted by atomic mass is 9.86. The molecule has 4 rings (SSSR count). The fourth-order valence-electron chi connectivity index (χ4n) is 4.89. The van der Waals surface area contributed by atoms with Gasteiger partial charge in [0.25, 0.3) is 5.56 Å². The summed E-state index contributed by atoms with van der Waals surface area (Å²) in [6.07, 6.45) is 8.30. The molecule has 6 heteroatoms. The number of fused-ring (bicyclic) bond motifs is 1. The van der Waals surface area contributed by atoms with Crippen molar-refractivity contribution in [1.29, 1.82) is 0 Å². The minimum absolute atomic E-state index is 0.0580. The minimum Gasteiger partial charge on any atom is -0.352 e. The van der Waals surface area contributed by atoms with Crippen LogP contribution >= 0.6 is 0 Å². The maximum absolute atomic E-state index is 13.2. The molecule has 1 saturated carbocycles. The number of benzene rings is 1. The maximum Gasteiger partial charge on any atom is 0.262 e. The highest BCUT2D eigenvalue weighted by Crippen LogP contribution is 2.23. The van der Waals surface area contributed by atoms with E-state index in [2.05, 4.69) is 12.2 Å². The van der Waals surface area contributed by atoms with Crippen LogP contribution in [0.2, 0.25) is 0 Å². The lowest BCUT2D eigenvalue weighted by Crippen LogP contribution is -3.11. The number of carbonyl (C=O) groups excluding carboxylic acids is 1. The predicted molar refractivity (Wildman–Crippen MR) is 114 cm³/mol. The van der Waals surface area contributed by atoms with Gasteiger partial charge >= 0.3 is 0 Å². The molecular weight excluding hydrogens is 364 g/mol. The number of quaternary nitrogens is 1. The van der Waals surface area contributed by atoms with E-state index < -0.39 is 0 Å². The van der Waals surface area contributed by atoms with Gasteiger partial charge < -0.3 is 10.2 Å². The first-order valence-electron chi connectivity index (χ1n) is 11.2. The van der Waals surface area contributed by atoms with Gasteiger partial charge in [-0.25, -0.2) is 4.98 Å². The second kappa shape index (κ2) is 9.08. The van der Waals surface area contributed by atoms with E-state index in [1.165, 1.54) is 30.6 Å². The molecule has 2 fully saturated rings. The van der Waals surface area contributed by atoms with E-state index >= 15 is 0 Å². The van der Waals surface area contributed by atoms with E-state index in [-0.39, 0.29) is 24.1 Å². The first kappa shape index (κ1) is 20.1. The fraction of sp³-hybridized carbons (Fsp3) is 0.609. The van der Waals surface area contributed by atoms with Crippen molar-refractivity contribution in [2.24, 2.45) is 5.92 Å². The van der Waals surface area contributed by atoms with Crippen LogP contribution in [0.15, 0.2) is 29.1 Å². The number of carbonyl (C=O) groups is 1. The van der Waals surface area contributed by atoms with Crippen molar-refractivity contribution in [2.75, 3.05) is 13.1 Å². The van der Waals surface area contributed by atoms with Gasteiger partial charge in [0.15, 0.2) is 5.82 Å². The fourth-order valence-corrected chi connectivity index (χ4v) is 4.89. The maximum atomic E-state index is 13.2. The first-order chi connectivity index (χ1) is 14.1. The molecule has 2 aliphatic rings. The number of aromatic nitrogens is 2. The van der Waals surface area contributed by atoms with Gasteiger partial charge in [-0.15, -0.1) is 0 Å². The van der Waals surface area contributed by atoms with Crippen LogP contribution in [0.5, 0.6) is 0 Å². The number of nitrogens with zero attached hydrogens (tertiary/aromatic N) is 2. The van der Waals surface area contributed by atoms with Crippen molar-refractivity contribution < 1.29 is 9.69 Å². The van der Waals surface area contributed by atoms with Gasteiger partial charge in [-0.1, -0.05) is 31.9 Å². The molecule has 156 valence electrons. The number of likely N-dealkylation sites (tertiary alicyclic amines) is 1. The van der Waals surface area contributed by atoms with Crippen LogP contribution in [0, 0.1) is 5.92 Å². The molecule has 0 bridgehead atoms. The molecule has 2 N–H and O–H groups in total. The number of hydrogen-bond acceptors (Lipinski definition) is 3. The third kappa shape index (κ3) is 4.69. The average Bonchev–Trinajstić information content (AvgIpc) is 2.73. The third-order valence-corrected chi connectivity index (χ3v) is 6.67. The molecule has 0 radical (unpaired) electrons. The summed E-state index contributed by atoms with van der Waals surface area (Å²) in [6.45, 7) is 5.18. The number of rotatable bonds is 5. The highest BCUT2D eigenvalue weighted by molar-refractivity contribution is 5.79. The summed E-state index contributed by atoms with van der Waals surface area (Å²) < 4.78 is 1.62. The molecule has 1 amide bonds. The van der Waals surface area contributed by atoms with Gasteiger partial charge in [0.1, 0.15) is 13.1 Å². The minimum atomic E-state index is -0.103. The van der Waals surface area contributed by atoms with Crippen molar-refractivity contribution in [3.63, 3.8) is 0 Å². The molecule has 6 nitrogen and oxygen atoms in total. The zero-order chi connectivity index (χ0) is 20.2. The number of hydrogen-bond donors (Lipinski definition) is 2. The predicted octanol–water partition coefficient (Wildman–Crippen LogP) is 1.66. The zero-order valence-corrected chi connectivity index (χ0v) is 17.5. The molecule has 2 aromatic rings. The van der Waals surface area contributed by atoms with Crippen LogP contribution in [-0.2, 0) is 17.9 Å². The van der Waals surface area contributed by atoms with Gasteiger partial charge in [0.2, 0.25) is 5.91 Å². The number of nitrogens with one attached hydrogen (secondary N) is 2. The van der Waals surface area contributed by atoms with Crippen molar-refractivity contribution in [1.82, 2.24) is 14.9 Å². The summed E-state index contributed by atoms with van der Waals surface area (Å²) in [5.41, 5.74) is 0.621. The number of amides is 1. The number of piperidine rings is 1. The topological polar surface area (TPSA) is 68.4 Å². The second-order valence-electron chi connectivity index (χ2n) is 8.86. The third-order valence-electron chi connectivity index (χ3n) is 6.67. The molecule has 1 aromatic carbocycles. The number of para-hydroxylation sites is 1. The van der Waals surface area contributed by atoms with Crippen LogP contribution in [0.25, 0.3) is 10.9 Å². The molecule has 0 unspecified atom stereocenters. The van der Waals surface area contributed by atoms with Gasteiger partial charge in [-0.2, -0.15) is 0 Å². The molecule has 2 atom stereocenters. The molecule has 1 saturated heterocycles.